The molecule has 0 unspecified atom stereocenters. The predicted octanol–water partition coefficient (Wildman–Crippen LogP) is 3.35. The van der Waals surface area contributed by atoms with Crippen LogP contribution in [0.3, 0.4) is 0 Å². The lowest BCUT2D eigenvalue weighted by Crippen LogP contribution is -2.19. The van der Waals surface area contributed by atoms with Gasteiger partial charge in [-0.25, -0.2) is 5.43 Å². The third-order valence-electron chi connectivity index (χ3n) is 3.79. The monoisotopic (exact) mass is 503 g/mol. The van der Waals surface area contributed by atoms with E-state index in [-0.39, 0.29) is 18.1 Å². The quantitative estimate of drug-likeness (QED) is 0.319. The molecule has 0 aliphatic rings. The van der Waals surface area contributed by atoms with E-state index in [9.17, 15) is 14.7 Å². The highest BCUT2D eigenvalue weighted by Crippen LogP contribution is 2.26. The summed E-state index contributed by atoms with van der Waals surface area (Å²) in [5.74, 6) is -0.345. The molecular formula is C20H18BrN5O4S. The maximum absolute atomic E-state index is 12.2. The summed E-state index contributed by atoms with van der Waals surface area (Å²) in [6.07, 6.45) is 1.36. The van der Waals surface area contributed by atoms with Gasteiger partial charge in [0.15, 0.2) is 11.5 Å². The Kier molecular flexibility index (Phi) is 7.68. The summed E-state index contributed by atoms with van der Waals surface area (Å²) < 4.78 is 6.12. The zero-order valence-corrected chi connectivity index (χ0v) is 18.7. The van der Waals surface area contributed by atoms with Gasteiger partial charge in [-0.3, -0.25) is 14.9 Å². The van der Waals surface area contributed by atoms with Gasteiger partial charge in [-0.1, -0.05) is 27.3 Å². The van der Waals surface area contributed by atoms with E-state index in [1.54, 1.807) is 36.4 Å². The molecule has 0 radical (unpaired) electrons. The maximum Gasteiger partial charge on any atom is 0.257 e. The van der Waals surface area contributed by atoms with Gasteiger partial charge in [-0.2, -0.15) is 5.10 Å². The van der Waals surface area contributed by atoms with Crippen LogP contribution in [-0.4, -0.2) is 39.9 Å². The highest BCUT2D eigenvalue weighted by Gasteiger charge is 2.12. The Morgan fingerprint density at radius 3 is 2.71 bits per heavy atom. The van der Waals surface area contributed by atoms with Crippen molar-refractivity contribution < 1.29 is 19.4 Å². The van der Waals surface area contributed by atoms with Gasteiger partial charge in [0.05, 0.1) is 19.2 Å². The molecule has 31 heavy (non-hydrogen) atoms. The van der Waals surface area contributed by atoms with Crippen LogP contribution in [0.4, 0.5) is 5.13 Å². The third-order valence-corrected chi connectivity index (χ3v) is 5.16. The van der Waals surface area contributed by atoms with E-state index in [2.05, 4.69) is 42.0 Å². The molecule has 0 aliphatic carbocycles. The molecule has 0 saturated carbocycles. The first kappa shape index (κ1) is 22.4. The molecule has 0 fully saturated rings. The van der Waals surface area contributed by atoms with Crippen molar-refractivity contribution in [2.45, 2.75) is 13.3 Å². The summed E-state index contributed by atoms with van der Waals surface area (Å²) in [5, 5.41) is 24.9. The number of carbonyl (C=O) groups excluding carboxylic acids is 2. The summed E-state index contributed by atoms with van der Waals surface area (Å²) in [5.41, 5.74) is 3.46. The van der Waals surface area contributed by atoms with Crippen LogP contribution >= 0.6 is 27.3 Å². The normalized spacial score (nSPS) is 10.8. The number of benzene rings is 2. The van der Waals surface area contributed by atoms with Gasteiger partial charge in [0, 0.05) is 10.0 Å². The number of hydrazone groups is 1. The second-order valence-corrected chi connectivity index (χ2v) is 8.07. The van der Waals surface area contributed by atoms with Crippen LogP contribution in [0.25, 0.3) is 0 Å². The Bertz CT molecular complexity index is 1100. The molecule has 0 aliphatic heterocycles. The molecule has 2 aromatic carbocycles. The molecule has 0 atom stereocenters. The zero-order chi connectivity index (χ0) is 22.2. The first-order valence-corrected chi connectivity index (χ1v) is 10.7. The number of aromatic hydroxyl groups is 1. The van der Waals surface area contributed by atoms with E-state index >= 15 is 0 Å². The van der Waals surface area contributed by atoms with Gasteiger partial charge >= 0.3 is 0 Å². The van der Waals surface area contributed by atoms with Crippen molar-refractivity contribution in [3.8, 4) is 11.5 Å². The Hall–Kier alpha value is -3.31. The number of aromatic nitrogens is 2. The van der Waals surface area contributed by atoms with Gasteiger partial charge in [0.1, 0.15) is 5.01 Å². The minimum Gasteiger partial charge on any atom is -0.504 e. The van der Waals surface area contributed by atoms with Crippen LogP contribution in [0.1, 0.15) is 27.9 Å². The van der Waals surface area contributed by atoms with Crippen molar-refractivity contribution >= 4 is 50.4 Å². The lowest BCUT2D eigenvalue weighted by atomic mass is 10.2. The number of amides is 2. The first-order valence-electron chi connectivity index (χ1n) is 9.11. The summed E-state index contributed by atoms with van der Waals surface area (Å²) in [4.78, 5) is 24.2. The van der Waals surface area contributed by atoms with E-state index in [4.69, 9.17) is 4.74 Å². The van der Waals surface area contributed by atoms with Gasteiger partial charge < -0.3 is 9.84 Å². The number of hydrogen-bond donors (Lipinski definition) is 3. The van der Waals surface area contributed by atoms with Gasteiger partial charge in [0.25, 0.3) is 5.91 Å². The summed E-state index contributed by atoms with van der Waals surface area (Å²) >= 11 is 4.42. The number of ether oxygens (including phenoxy) is 1. The second kappa shape index (κ2) is 10.6. The SMILES string of the molecule is CCOc1ccc(/C=N\NC(=O)Cc2nnc(NC(=O)c3ccc(Br)cc3)s2)cc1O. The minimum absolute atomic E-state index is 0.0105. The molecule has 11 heteroatoms. The number of nitrogens with zero attached hydrogens (tertiary/aromatic N) is 3. The Labute approximate surface area is 190 Å². The number of phenolic OH excluding ortho intramolecular Hbond substituents is 1. The predicted molar refractivity (Wildman–Crippen MR) is 121 cm³/mol. The Morgan fingerprint density at radius 2 is 2.00 bits per heavy atom. The fraction of sp³-hybridized carbons (Fsp3) is 0.150. The molecule has 3 rings (SSSR count). The van der Waals surface area contributed by atoms with Gasteiger partial charge in [-0.05, 0) is 55.0 Å². The van der Waals surface area contributed by atoms with E-state index in [1.165, 1.54) is 12.3 Å². The van der Waals surface area contributed by atoms with Crippen molar-refractivity contribution in [3.05, 3.63) is 63.1 Å². The van der Waals surface area contributed by atoms with E-state index in [0.29, 0.717) is 33.6 Å². The number of halogens is 1. The number of rotatable bonds is 8. The van der Waals surface area contributed by atoms with Crippen LogP contribution < -0.4 is 15.5 Å². The topological polar surface area (TPSA) is 126 Å². The van der Waals surface area contributed by atoms with Crippen molar-refractivity contribution in [1.82, 2.24) is 15.6 Å². The van der Waals surface area contributed by atoms with E-state index in [1.807, 2.05) is 6.92 Å². The molecule has 0 bridgehead atoms. The Balaban J connectivity index is 1.50. The summed E-state index contributed by atoms with van der Waals surface area (Å²) in [6.45, 7) is 2.26. The molecule has 160 valence electrons. The first-order chi connectivity index (χ1) is 14.9. The number of phenols is 1. The average molecular weight is 504 g/mol. The van der Waals surface area contributed by atoms with Gasteiger partial charge in [-0.15, -0.1) is 10.2 Å². The zero-order valence-electron chi connectivity index (χ0n) is 16.3. The number of nitrogens with one attached hydrogen (secondary N) is 2. The van der Waals surface area contributed by atoms with Gasteiger partial charge in [0.2, 0.25) is 11.0 Å². The minimum atomic E-state index is -0.395. The number of carbonyl (C=O) groups is 2. The largest absolute Gasteiger partial charge is 0.504 e. The molecule has 3 N–H and O–H groups in total. The van der Waals surface area contributed by atoms with Crippen molar-refractivity contribution in [2.75, 3.05) is 11.9 Å². The Morgan fingerprint density at radius 1 is 1.23 bits per heavy atom. The van der Waals surface area contributed by atoms with Crippen LogP contribution in [0.15, 0.2) is 52.0 Å². The molecule has 2 amide bonds. The van der Waals surface area contributed by atoms with E-state index in [0.717, 1.165) is 15.8 Å². The van der Waals surface area contributed by atoms with Crippen molar-refractivity contribution in [2.24, 2.45) is 5.10 Å². The number of hydrogen-bond acceptors (Lipinski definition) is 8. The molecule has 0 saturated heterocycles. The molecular weight excluding hydrogens is 486 g/mol. The lowest BCUT2D eigenvalue weighted by Gasteiger charge is -2.05. The highest BCUT2D eigenvalue weighted by atomic mass is 79.9. The maximum atomic E-state index is 12.2. The van der Waals surface area contributed by atoms with Crippen molar-refractivity contribution in [3.63, 3.8) is 0 Å². The second-order valence-electron chi connectivity index (χ2n) is 6.09. The van der Waals surface area contributed by atoms with Crippen molar-refractivity contribution in [1.29, 1.82) is 0 Å². The van der Waals surface area contributed by atoms with Crippen LogP contribution in [0.5, 0.6) is 11.5 Å². The molecule has 0 spiro atoms. The number of anilines is 1. The average Bonchev–Trinajstić information content (AvgIpc) is 3.17. The van der Waals surface area contributed by atoms with Crippen LogP contribution in [0, 0.1) is 0 Å². The lowest BCUT2D eigenvalue weighted by molar-refractivity contribution is -0.120. The smallest absolute Gasteiger partial charge is 0.257 e. The highest BCUT2D eigenvalue weighted by molar-refractivity contribution is 9.10. The third kappa shape index (κ3) is 6.59. The molecule has 3 aromatic rings. The summed E-state index contributed by atoms with van der Waals surface area (Å²) in [7, 11) is 0. The molecule has 1 aromatic heterocycles. The molecule has 9 nitrogen and oxygen atoms in total. The summed E-state index contributed by atoms with van der Waals surface area (Å²) in [6, 6.07) is 11.7. The van der Waals surface area contributed by atoms with Crippen LogP contribution in [0.2, 0.25) is 0 Å². The fourth-order valence-electron chi connectivity index (χ4n) is 2.39. The van der Waals surface area contributed by atoms with E-state index < -0.39 is 5.91 Å². The molecule has 1 heterocycles. The standard InChI is InChI=1S/C20H18BrN5O4S/c1-2-30-16-8-3-12(9-15(16)27)11-22-24-17(28)10-18-25-26-20(31-18)23-19(29)13-4-6-14(21)7-5-13/h3-9,11,27H,2,10H2,1H3,(H,24,28)(H,23,26,29)/b22-11-. The van der Waals surface area contributed by atoms with Crippen LogP contribution in [-0.2, 0) is 11.2 Å². The fourth-order valence-corrected chi connectivity index (χ4v) is 3.39.